The average Bonchev–Trinajstić information content (AvgIpc) is 2.92. The largest absolute Gasteiger partial charge is 0.321 e. The highest BCUT2D eigenvalue weighted by Gasteiger charge is 2.18. The molecule has 2 N–H and O–H groups in total. The molecule has 0 atom stereocenters. The first-order chi connectivity index (χ1) is 12.0. The van der Waals surface area contributed by atoms with Crippen molar-refractivity contribution in [2.24, 2.45) is 0 Å². The summed E-state index contributed by atoms with van der Waals surface area (Å²) in [6, 6.07) is 14.7. The van der Waals surface area contributed by atoms with Crippen molar-refractivity contribution in [3.05, 3.63) is 73.3 Å². The number of benzene rings is 2. The minimum Gasteiger partial charge on any atom is -0.321 e. The van der Waals surface area contributed by atoms with Crippen LogP contribution in [0.15, 0.2) is 53.3 Å². The predicted octanol–water partition coefficient (Wildman–Crippen LogP) is 4.13. The molecule has 2 heterocycles. The first kappa shape index (κ1) is 15.7. The Hall–Kier alpha value is -2.77. The van der Waals surface area contributed by atoms with E-state index in [2.05, 4.69) is 10.3 Å². The van der Waals surface area contributed by atoms with Gasteiger partial charge in [0.1, 0.15) is 10.5 Å². The van der Waals surface area contributed by atoms with E-state index in [4.69, 9.17) is 12.2 Å². The molecule has 0 fully saturated rings. The molecule has 2 aromatic carbocycles. The molecule has 0 saturated carbocycles. The molecule has 0 spiro atoms. The van der Waals surface area contributed by atoms with Crippen LogP contribution in [0.3, 0.4) is 0 Å². The summed E-state index contributed by atoms with van der Waals surface area (Å²) in [6.45, 7) is 1.95. The lowest BCUT2D eigenvalue weighted by atomic mass is 10.2. The number of H-pyrrole nitrogens is 1. The normalized spacial score (nSPS) is 11.1. The summed E-state index contributed by atoms with van der Waals surface area (Å²) >= 11 is 6.63. The third-order valence-electron chi connectivity index (χ3n) is 3.92. The molecule has 1 amide bonds. The number of aromatic nitrogens is 2. The second-order valence-electron chi connectivity index (χ2n) is 5.68. The Bertz CT molecular complexity index is 1240. The van der Waals surface area contributed by atoms with Gasteiger partial charge in [-0.2, -0.15) is 0 Å². The van der Waals surface area contributed by atoms with Crippen molar-refractivity contribution in [3.63, 3.8) is 0 Å². The molecular weight excluding hydrogens is 354 g/mol. The number of hydrogen-bond acceptors (Lipinski definition) is 4. The van der Waals surface area contributed by atoms with Crippen molar-refractivity contribution < 1.29 is 4.79 Å². The van der Waals surface area contributed by atoms with Crippen molar-refractivity contribution in [3.8, 4) is 0 Å². The Morgan fingerprint density at radius 3 is 2.72 bits per heavy atom. The summed E-state index contributed by atoms with van der Waals surface area (Å²) in [5.74, 6) is -0.299. The van der Waals surface area contributed by atoms with Crippen LogP contribution in [0.2, 0.25) is 0 Å². The SMILES string of the molecule is Cc1ccc2c(=O)[nH]c3c(C(=O)Nc4ccccc4)sc(=S)n3c2c1. The van der Waals surface area contributed by atoms with Gasteiger partial charge in [0.2, 0.25) is 0 Å². The molecule has 4 aromatic rings. The van der Waals surface area contributed by atoms with Crippen LogP contribution in [0.25, 0.3) is 16.6 Å². The van der Waals surface area contributed by atoms with Gasteiger partial charge in [-0.05, 0) is 49.0 Å². The van der Waals surface area contributed by atoms with E-state index in [-0.39, 0.29) is 11.5 Å². The number of hydrogen-bond donors (Lipinski definition) is 2. The summed E-state index contributed by atoms with van der Waals surface area (Å²) < 4.78 is 2.27. The van der Waals surface area contributed by atoms with Crippen molar-refractivity contribution in [1.29, 1.82) is 0 Å². The maximum Gasteiger partial charge on any atom is 0.269 e. The number of aryl methyl sites for hydroxylation is 1. The van der Waals surface area contributed by atoms with Crippen LogP contribution in [-0.2, 0) is 0 Å². The molecule has 25 heavy (non-hydrogen) atoms. The van der Waals surface area contributed by atoms with Gasteiger partial charge in [-0.1, -0.05) is 35.6 Å². The summed E-state index contributed by atoms with van der Waals surface area (Å²) in [5.41, 5.74) is 2.59. The van der Waals surface area contributed by atoms with Gasteiger partial charge < -0.3 is 10.3 Å². The lowest BCUT2D eigenvalue weighted by molar-refractivity contribution is 0.103. The lowest BCUT2D eigenvalue weighted by Gasteiger charge is -2.05. The Morgan fingerprint density at radius 1 is 1.20 bits per heavy atom. The first-order valence-corrected chi connectivity index (χ1v) is 8.81. The number of thiazole rings is 1. The minimum atomic E-state index is -0.299. The molecule has 0 bridgehead atoms. The summed E-state index contributed by atoms with van der Waals surface area (Å²) in [5, 5.41) is 3.38. The van der Waals surface area contributed by atoms with E-state index in [1.165, 1.54) is 11.3 Å². The van der Waals surface area contributed by atoms with Crippen molar-refractivity contribution in [1.82, 2.24) is 9.38 Å². The molecule has 2 aromatic heterocycles. The fourth-order valence-electron chi connectivity index (χ4n) is 2.76. The molecule has 0 aliphatic carbocycles. The number of fused-ring (bicyclic) bond motifs is 3. The Labute approximate surface area is 151 Å². The number of amides is 1. The van der Waals surface area contributed by atoms with Crippen LogP contribution in [0.4, 0.5) is 5.69 Å². The van der Waals surface area contributed by atoms with Gasteiger partial charge >= 0.3 is 0 Å². The van der Waals surface area contributed by atoms with Crippen molar-refractivity contribution in [2.75, 3.05) is 5.32 Å². The third kappa shape index (κ3) is 2.67. The van der Waals surface area contributed by atoms with E-state index in [1.54, 1.807) is 22.6 Å². The fourth-order valence-corrected chi connectivity index (χ4v) is 4.04. The maximum absolute atomic E-state index is 12.7. The highest BCUT2D eigenvalue weighted by molar-refractivity contribution is 7.73. The van der Waals surface area contributed by atoms with Gasteiger partial charge in [0, 0.05) is 5.69 Å². The topological polar surface area (TPSA) is 66.4 Å². The van der Waals surface area contributed by atoms with E-state index in [0.29, 0.717) is 31.1 Å². The molecule has 0 aliphatic heterocycles. The monoisotopic (exact) mass is 367 g/mol. The molecule has 7 heteroatoms. The average molecular weight is 367 g/mol. The fraction of sp³-hybridized carbons (Fsp3) is 0.0556. The van der Waals surface area contributed by atoms with E-state index in [0.717, 1.165) is 5.56 Å². The Kier molecular flexibility index (Phi) is 3.74. The van der Waals surface area contributed by atoms with Crippen LogP contribution < -0.4 is 10.9 Å². The lowest BCUT2D eigenvalue weighted by Crippen LogP contribution is -2.15. The zero-order valence-electron chi connectivity index (χ0n) is 13.2. The predicted molar refractivity (Wildman–Crippen MR) is 103 cm³/mol. The van der Waals surface area contributed by atoms with Crippen molar-refractivity contribution in [2.45, 2.75) is 6.92 Å². The van der Waals surface area contributed by atoms with Gasteiger partial charge in [-0.15, -0.1) is 0 Å². The van der Waals surface area contributed by atoms with Crippen LogP contribution in [0.5, 0.6) is 0 Å². The van der Waals surface area contributed by atoms with Crippen molar-refractivity contribution >= 4 is 51.7 Å². The number of anilines is 1. The van der Waals surface area contributed by atoms with E-state index < -0.39 is 0 Å². The number of carbonyl (C=O) groups is 1. The molecular formula is C18H13N3O2S2. The van der Waals surface area contributed by atoms with Crippen LogP contribution in [0.1, 0.15) is 15.2 Å². The van der Waals surface area contributed by atoms with Crippen LogP contribution in [-0.4, -0.2) is 15.3 Å². The highest BCUT2D eigenvalue weighted by Crippen LogP contribution is 2.24. The van der Waals surface area contributed by atoms with E-state index >= 15 is 0 Å². The third-order valence-corrected chi connectivity index (χ3v) is 5.29. The number of nitrogens with zero attached hydrogens (tertiary/aromatic N) is 1. The zero-order chi connectivity index (χ0) is 17.6. The second-order valence-corrected chi connectivity index (χ2v) is 7.32. The number of aromatic amines is 1. The highest BCUT2D eigenvalue weighted by atomic mass is 32.1. The molecule has 0 aliphatic rings. The standard InChI is InChI=1S/C18H13N3O2S2/c1-10-7-8-12-13(9-10)21-15(20-16(12)22)14(25-18(21)24)17(23)19-11-5-3-2-4-6-11/h2-9H,1H3,(H,19,23)(H,20,22). The first-order valence-electron chi connectivity index (χ1n) is 7.59. The van der Waals surface area contributed by atoms with Gasteiger partial charge in [0.15, 0.2) is 3.95 Å². The van der Waals surface area contributed by atoms with E-state index in [9.17, 15) is 9.59 Å². The number of nitrogens with one attached hydrogen (secondary N) is 2. The Balaban J connectivity index is 1.94. The molecule has 0 radical (unpaired) electrons. The number of para-hydroxylation sites is 1. The molecule has 0 saturated heterocycles. The number of rotatable bonds is 2. The quantitative estimate of drug-likeness (QED) is 0.524. The Morgan fingerprint density at radius 2 is 1.96 bits per heavy atom. The zero-order valence-corrected chi connectivity index (χ0v) is 14.8. The number of carbonyl (C=O) groups excluding carboxylic acids is 1. The summed E-state index contributed by atoms with van der Waals surface area (Å²) in [7, 11) is 0. The van der Waals surface area contributed by atoms with Gasteiger partial charge in [0.25, 0.3) is 11.5 Å². The molecule has 0 unspecified atom stereocenters. The minimum absolute atomic E-state index is 0.239. The van der Waals surface area contributed by atoms with E-state index in [1.807, 2.05) is 37.3 Å². The smallest absolute Gasteiger partial charge is 0.269 e. The maximum atomic E-state index is 12.7. The molecule has 5 nitrogen and oxygen atoms in total. The van der Waals surface area contributed by atoms with Crippen LogP contribution >= 0.6 is 23.6 Å². The van der Waals surface area contributed by atoms with Gasteiger partial charge in [0.05, 0.1) is 10.9 Å². The summed E-state index contributed by atoms with van der Waals surface area (Å²) in [4.78, 5) is 28.3. The second kappa shape index (κ2) is 5.94. The van der Waals surface area contributed by atoms with Crippen LogP contribution in [0, 0.1) is 10.9 Å². The van der Waals surface area contributed by atoms with Gasteiger partial charge in [-0.3, -0.25) is 14.0 Å². The summed E-state index contributed by atoms with van der Waals surface area (Å²) in [6.07, 6.45) is 0. The van der Waals surface area contributed by atoms with Gasteiger partial charge in [-0.25, -0.2) is 0 Å². The molecule has 124 valence electrons. The molecule has 4 rings (SSSR count).